The number of para-hydroxylation sites is 9. The van der Waals surface area contributed by atoms with Crippen molar-refractivity contribution in [1.82, 2.24) is 0 Å². The quantitative estimate of drug-likeness (QED) is 0.126. The molecular weight excluding hydrogens is 1100 g/mol. The van der Waals surface area contributed by atoms with Gasteiger partial charge in [-0.05, 0) is 177 Å². The van der Waals surface area contributed by atoms with Crippen LogP contribution >= 0.6 is 0 Å². The molecule has 428 valence electrons. The maximum absolute atomic E-state index is 2.67. The smallest absolute Gasteiger partial charge is 0.252 e. The van der Waals surface area contributed by atoms with Gasteiger partial charge in [0.15, 0.2) is 0 Å². The minimum atomic E-state index is -0.397. The van der Waals surface area contributed by atoms with Crippen LogP contribution < -0.4 is 56.7 Å². The number of benzene rings is 13. The minimum absolute atomic E-state index is 0.166. The first-order chi connectivity index (χ1) is 45.0. The van der Waals surface area contributed by atoms with Gasteiger partial charge < -0.3 is 29.4 Å². The van der Waals surface area contributed by atoms with Gasteiger partial charge in [0.2, 0.25) is 0 Å². The molecule has 18 rings (SSSR count). The number of anilines is 17. The summed E-state index contributed by atoms with van der Waals surface area (Å²) in [6.07, 6.45) is 0. The van der Waals surface area contributed by atoms with Gasteiger partial charge in [0.1, 0.15) is 0 Å². The fourth-order valence-corrected chi connectivity index (χ4v) is 15.8. The molecule has 0 saturated heterocycles. The number of hydrogen-bond donors (Lipinski definition) is 0. The molecule has 0 saturated carbocycles. The van der Waals surface area contributed by atoms with Crippen LogP contribution in [0.5, 0.6) is 0 Å². The number of allylic oxidation sites excluding steroid dienone is 1. The third kappa shape index (κ3) is 8.08. The van der Waals surface area contributed by atoms with Crippen molar-refractivity contribution in [3.63, 3.8) is 0 Å². The Balaban J connectivity index is 0.987. The van der Waals surface area contributed by atoms with Crippen molar-refractivity contribution in [3.8, 4) is 0 Å². The average molecular weight is 1160 g/mol. The first kappa shape index (κ1) is 52.6. The molecule has 4 heterocycles. The van der Waals surface area contributed by atoms with Gasteiger partial charge in [0.25, 0.3) is 13.4 Å². The highest BCUT2D eigenvalue weighted by molar-refractivity contribution is 7.05. The molecule has 0 unspecified atom stereocenters. The lowest BCUT2D eigenvalue weighted by Crippen LogP contribution is -2.63. The standard InChI is InChI=1S/C83H60B2N6/c1-83(2)68-48-28-27-47-67(68)79-82(83)91(64-45-25-10-26-46-64)78-54-66(87(59-35-15-5-16-36-59)60-37-17-6-18-38-60)53-77-81(78)85(79)71-55-70-73(56-74(71)90(77)63-43-23-9-24-44-63)89(62-41-21-8-22-42-62)76-52-65(86(57-31-11-3-12-32-57)58-33-13-4-14-34-58)51-75-80(76)84(70)69-49-29-30-50-72(69)88(75)61-39-19-7-20-40-61/h3-56H,1-2H3. The Kier molecular flexibility index (Phi) is 12.0. The highest BCUT2D eigenvalue weighted by Gasteiger charge is 2.54. The summed E-state index contributed by atoms with van der Waals surface area (Å²) >= 11 is 0. The average Bonchev–Trinajstić information content (AvgIpc) is 1.67. The number of rotatable bonds is 10. The summed E-state index contributed by atoms with van der Waals surface area (Å²) in [5, 5.41) is 0. The highest BCUT2D eigenvalue weighted by Crippen LogP contribution is 2.58. The van der Waals surface area contributed by atoms with Crippen molar-refractivity contribution in [2.24, 2.45) is 0 Å². The van der Waals surface area contributed by atoms with E-state index in [-0.39, 0.29) is 13.4 Å². The minimum Gasteiger partial charge on any atom is -0.314 e. The summed E-state index contributed by atoms with van der Waals surface area (Å²) in [6, 6.07) is 121. The second-order valence-electron chi connectivity index (χ2n) is 24.8. The van der Waals surface area contributed by atoms with E-state index >= 15 is 0 Å². The largest absolute Gasteiger partial charge is 0.314 e. The maximum Gasteiger partial charge on any atom is 0.252 e. The van der Waals surface area contributed by atoms with E-state index in [4.69, 9.17) is 0 Å². The Hall–Kier alpha value is -11.5. The Morgan fingerprint density at radius 1 is 0.264 bits per heavy atom. The summed E-state index contributed by atoms with van der Waals surface area (Å²) in [6.45, 7) is 4.55. The van der Waals surface area contributed by atoms with Crippen molar-refractivity contribution in [2.75, 3.05) is 29.4 Å². The predicted octanol–water partition coefficient (Wildman–Crippen LogP) is 18.5. The van der Waals surface area contributed by atoms with Crippen LogP contribution in [0, 0.1) is 0 Å². The Labute approximate surface area is 532 Å². The second kappa shape index (κ2) is 20.8. The monoisotopic (exact) mass is 1160 g/mol. The van der Waals surface area contributed by atoms with Crippen molar-refractivity contribution in [3.05, 3.63) is 344 Å². The van der Waals surface area contributed by atoms with E-state index in [2.05, 4.69) is 371 Å². The van der Waals surface area contributed by atoms with E-state index in [0.29, 0.717) is 0 Å². The fraction of sp³-hybridized carbons (Fsp3) is 0.0361. The molecule has 0 N–H and O–H groups in total. The zero-order chi connectivity index (χ0) is 60.3. The zero-order valence-electron chi connectivity index (χ0n) is 50.5. The number of hydrogen-bond acceptors (Lipinski definition) is 6. The van der Waals surface area contributed by atoms with Gasteiger partial charge in [-0.3, -0.25) is 0 Å². The van der Waals surface area contributed by atoms with Gasteiger partial charge in [0.05, 0.1) is 11.4 Å². The molecule has 0 fully saturated rings. The van der Waals surface area contributed by atoms with E-state index < -0.39 is 5.41 Å². The molecule has 4 aliphatic heterocycles. The van der Waals surface area contributed by atoms with Crippen molar-refractivity contribution in [2.45, 2.75) is 19.3 Å². The summed E-state index contributed by atoms with van der Waals surface area (Å²) < 4.78 is 0. The SMILES string of the molecule is CC1(C)C2=C(B3c4cc5c(cc4N(c4ccccc4)c4cc(N(c6ccccc6)c6ccccc6)cc(c43)N2c2ccccc2)N(c2ccccc2)c2cc(N(c3ccccc3)c3ccccc3)cc3c2B5c2ccccc2N3c2ccccc2)c2ccccc21. The van der Waals surface area contributed by atoms with Crippen LogP contribution in [0.3, 0.4) is 0 Å². The third-order valence-electron chi connectivity index (χ3n) is 19.4. The van der Waals surface area contributed by atoms with Crippen molar-refractivity contribution < 1.29 is 0 Å². The van der Waals surface area contributed by atoms with Crippen LogP contribution in [0.15, 0.2) is 333 Å². The van der Waals surface area contributed by atoms with Gasteiger partial charge in [-0.15, -0.1) is 0 Å². The first-order valence-corrected chi connectivity index (χ1v) is 31.7. The van der Waals surface area contributed by atoms with Crippen molar-refractivity contribution >= 4 is 143 Å². The van der Waals surface area contributed by atoms with Crippen LogP contribution in [0.1, 0.15) is 25.0 Å². The molecule has 0 spiro atoms. The molecule has 0 amide bonds. The van der Waals surface area contributed by atoms with Gasteiger partial charge in [-0.1, -0.05) is 208 Å². The van der Waals surface area contributed by atoms with Gasteiger partial charge in [-0.2, -0.15) is 0 Å². The Morgan fingerprint density at radius 2 is 0.593 bits per heavy atom. The lowest BCUT2D eigenvalue weighted by molar-refractivity contribution is 0.626. The summed E-state index contributed by atoms with van der Waals surface area (Å²) in [5.74, 6) is 0. The molecule has 1 aliphatic carbocycles. The van der Waals surface area contributed by atoms with Crippen LogP contribution in [0.2, 0.25) is 0 Å². The Morgan fingerprint density at radius 3 is 1.03 bits per heavy atom. The van der Waals surface area contributed by atoms with Crippen LogP contribution in [-0.2, 0) is 5.41 Å². The zero-order valence-corrected chi connectivity index (χ0v) is 50.5. The van der Waals surface area contributed by atoms with E-state index in [0.717, 1.165) is 91.0 Å². The van der Waals surface area contributed by atoms with Crippen molar-refractivity contribution in [1.29, 1.82) is 0 Å². The predicted molar refractivity (Wildman–Crippen MR) is 385 cm³/mol. The molecule has 8 heteroatoms. The normalized spacial score (nSPS) is 14.2. The molecule has 0 aromatic heterocycles. The molecule has 13 aromatic carbocycles. The van der Waals surface area contributed by atoms with Gasteiger partial charge >= 0.3 is 0 Å². The summed E-state index contributed by atoms with van der Waals surface area (Å²) in [7, 11) is 0. The molecule has 6 nitrogen and oxygen atoms in total. The molecule has 91 heavy (non-hydrogen) atoms. The van der Waals surface area contributed by atoms with E-state index in [1.807, 2.05) is 0 Å². The van der Waals surface area contributed by atoms with Gasteiger partial charge in [-0.25, -0.2) is 0 Å². The molecule has 5 aliphatic rings. The molecule has 13 aromatic rings. The van der Waals surface area contributed by atoms with Crippen LogP contribution in [0.4, 0.5) is 96.7 Å². The number of fused-ring (bicyclic) bond motifs is 9. The molecule has 0 atom stereocenters. The fourth-order valence-electron chi connectivity index (χ4n) is 15.8. The molecular formula is C83H60B2N6. The van der Waals surface area contributed by atoms with Gasteiger partial charge in [0, 0.05) is 96.4 Å². The highest BCUT2D eigenvalue weighted by atomic mass is 15.2. The molecule has 0 radical (unpaired) electrons. The van der Waals surface area contributed by atoms with E-state index in [9.17, 15) is 0 Å². The lowest BCUT2D eigenvalue weighted by atomic mass is 9.29. The third-order valence-corrected chi connectivity index (χ3v) is 19.4. The lowest BCUT2D eigenvalue weighted by Gasteiger charge is -2.48. The Bertz CT molecular complexity index is 4920. The van der Waals surface area contributed by atoms with E-state index in [1.165, 1.54) is 55.3 Å². The van der Waals surface area contributed by atoms with Crippen LogP contribution in [0.25, 0.3) is 5.47 Å². The molecule has 0 bridgehead atoms. The second-order valence-corrected chi connectivity index (χ2v) is 24.8. The number of nitrogens with zero attached hydrogens (tertiary/aromatic N) is 6. The summed E-state index contributed by atoms with van der Waals surface area (Å²) in [5.41, 5.74) is 30.1. The topological polar surface area (TPSA) is 19.4 Å². The maximum atomic E-state index is 2.67. The van der Waals surface area contributed by atoms with E-state index in [1.54, 1.807) is 0 Å². The summed E-state index contributed by atoms with van der Waals surface area (Å²) in [4.78, 5) is 15.2. The van der Waals surface area contributed by atoms with Crippen LogP contribution in [-0.4, -0.2) is 13.4 Å². The first-order valence-electron chi connectivity index (χ1n) is 31.7.